The Bertz CT molecular complexity index is 1250. The first-order chi connectivity index (χ1) is 16.7. The standard InChI is InChI=1S/C26H37ClN6O3/c1-9-12-18(34)28-16-13-10-11-14-17(16)36-15-19(35)29-26(7,8)25(5,6)23-31-30-22-20(27)21(24(2,3)4)32-33(22)23/h10-11,13-14,32H,9,12,15H2,1-8H3,(H,28,34)(H,29,35). The Kier molecular flexibility index (Phi) is 7.74. The number of carbonyl (C=O) groups is 2. The zero-order valence-corrected chi connectivity index (χ0v) is 23.1. The highest BCUT2D eigenvalue weighted by Crippen LogP contribution is 2.37. The summed E-state index contributed by atoms with van der Waals surface area (Å²) in [4.78, 5) is 25.0. The molecule has 9 nitrogen and oxygen atoms in total. The van der Waals surface area contributed by atoms with E-state index in [1.807, 2.05) is 34.6 Å². The maximum Gasteiger partial charge on any atom is 0.258 e. The summed E-state index contributed by atoms with van der Waals surface area (Å²) >= 11 is 6.60. The molecule has 2 heterocycles. The maximum atomic E-state index is 12.9. The highest BCUT2D eigenvalue weighted by Gasteiger charge is 2.44. The van der Waals surface area contributed by atoms with Gasteiger partial charge in [0.15, 0.2) is 18.1 Å². The van der Waals surface area contributed by atoms with Crippen LogP contribution < -0.4 is 15.4 Å². The number of rotatable bonds is 9. The molecule has 3 aromatic rings. The van der Waals surface area contributed by atoms with Gasteiger partial charge in [-0.15, -0.1) is 10.2 Å². The number of carbonyl (C=O) groups excluding carboxylic acids is 2. The van der Waals surface area contributed by atoms with Crippen molar-refractivity contribution in [1.82, 2.24) is 25.1 Å². The van der Waals surface area contributed by atoms with Crippen molar-refractivity contribution in [2.24, 2.45) is 0 Å². The molecule has 3 N–H and O–H groups in total. The number of fused-ring (bicyclic) bond motifs is 1. The van der Waals surface area contributed by atoms with Gasteiger partial charge in [0.2, 0.25) is 5.91 Å². The second kappa shape index (κ2) is 10.1. The third kappa shape index (κ3) is 5.51. The van der Waals surface area contributed by atoms with Gasteiger partial charge in [0.05, 0.1) is 11.4 Å². The average Bonchev–Trinajstić information content (AvgIpc) is 3.33. The summed E-state index contributed by atoms with van der Waals surface area (Å²) in [5.41, 5.74) is 0.379. The number of aromatic amines is 1. The first-order valence-corrected chi connectivity index (χ1v) is 12.5. The van der Waals surface area contributed by atoms with Gasteiger partial charge in [-0.1, -0.05) is 65.3 Å². The number of hydrogen-bond donors (Lipinski definition) is 3. The van der Waals surface area contributed by atoms with E-state index >= 15 is 0 Å². The summed E-state index contributed by atoms with van der Waals surface area (Å²) in [7, 11) is 0. The SMILES string of the molecule is CCCC(=O)Nc1ccccc1OCC(=O)NC(C)(C)C(C)(C)c1nnc2c(Cl)c(C(C)(C)C)[nH]n12. The van der Waals surface area contributed by atoms with Crippen molar-refractivity contribution in [3.8, 4) is 5.75 Å². The molecule has 10 heteroatoms. The van der Waals surface area contributed by atoms with Crippen LogP contribution in [0.5, 0.6) is 5.75 Å². The summed E-state index contributed by atoms with van der Waals surface area (Å²) in [5.74, 6) is 0.678. The third-order valence-electron chi connectivity index (χ3n) is 6.62. The molecule has 0 bridgehead atoms. The number of H-pyrrole nitrogens is 1. The number of amides is 2. The molecule has 1 aromatic carbocycles. The Hall–Kier alpha value is -3.07. The quantitative estimate of drug-likeness (QED) is 0.370. The number of benzene rings is 1. The van der Waals surface area contributed by atoms with E-state index in [4.69, 9.17) is 16.3 Å². The summed E-state index contributed by atoms with van der Waals surface area (Å²) in [6.45, 7) is 15.8. The van der Waals surface area contributed by atoms with Crippen molar-refractivity contribution in [3.63, 3.8) is 0 Å². The number of aromatic nitrogens is 4. The molecule has 36 heavy (non-hydrogen) atoms. The number of halogens is 1. The number of para-hydroxylation sites is 2. The van der Waals surface area contributed by atoms with Crippen molar-refractivity contribution >= 4 is 34.7 Å². The Balaban J connectivity index is 1.76. The molecule has 0 unspecified atom stereocenters. The lowest BCUT2D eigenvalue weighted by molar-refractivity contribution is -0.125. The van der Waals surface area contributed by atoms with Crippen LogP contribution in [0.4, 0.5) is 5.69 Å². The minimum atomic E-state index is -0.731. The van der Waals surface area contributed by atoms with E-state index in [1.165, 1.54) is 0 Å². The fourth-order valence-corrected chi connectivity index (χ4v) is 4.25. The second-order valence-electron chi connectivity index (χ2n) is 11.1. The molecule has 0 atom stereocenters. The number of nitrogens with zero attached hydrogens (tertiary/aromatic N) is 3. The van der Waals surface area contributed by atoms with Crippen LogP contribution in [0.3, 0.4) is 0 Å². The highest BCUT2D eigenvalue weighted by atomic mass is 35.5. The molecule has 0 spiro atoms. The van der Waals surface area contributed by atoms with Gasteiger partial charge in [0.25, 0.3) is 5.91 Å². The number of anilines is 1. The monoisotopic (exact) mass is 516 g/mol. The summed E-state index contributed by atoms with van der Waals surface area (Å²) in [6.07, 6.45) is 1.16. The minimum absolute atomic E-state index is 0.0976. The predicted molar refractivity (Wildman–Crippen MR) is 142 cm³/mol. The van der Waals surface area contributed by atoms with Gasteiger partial charge < -0.3 is 15.4 Å². The van der Waals surface area contributed by atoms with E-state index in [9.17, 15) is 9.59 Å². The summed E-state index contributed by atoms with van der Waals surface area (Å²) in [6, 6.07) is 7.06. The topological polar surface area (TPSA) is 113 Å². The minimum Gasteiger partial charge on any atom is -0.482 e. The number of hydrogen-bond acceptors (Lipinski definition) is 5. The van der Waals surface area contributed by atoms with Crippen molar-refractivity contribution in [2.45, 2.75) is 84.6 Å². The van der Waals surface area contributed by atoms with Gasteiger partial charge in [0, 0.05) is 22.8 Å². The molecule has 0 fully saturated rings. The number of ether oxygens (including phenoxy) is 1. The second-order valence-corrected chi connectivity index (χ2v) is 11.5. The first kappa shape index (κ1) is 27.5. The Morgan fingerprint density at radius 1 is 1.06 bits per heavy atom. The summed E-state index contributed by atoms with van der Waals surface area (Å²) < 4.78 is 7.56. The first-order valence-electron chi connectivity index (χ1n) is 12.1. The van der Waals surface area contributed by atoms with Crippen molar-refractivity contribution in [1.29, 1.82) is 0 Å². The largest absolute Gasteiger partial charge is 0.482 e. The van der Waals surface area contributed by atoms with Crippen LogP contribution in [0, 0.1) is 0 Å². The molecular formula is C26H37ClN6O3. The smallest absolute Gasteiger partial charge is 0.258 e. The van der Waals surface area contributed by atoms with Gasteiger partial charge in [-0.05, 0) is 32.4 Å². The van der Waals surface area contributed by atoms with E-state index in [1.54, 1.807) is 28.8 Å². The lowest BCUT2D eigenvalue weighted by Gasteiger charge is -2.40. The van der Waals surface area contributed by atoms with Gasteiger partial charge >= 0.3 is 0 Å². The molecule has 0 aliphatic rings. The van der Waals surface area contributed by atoms with E-state index in [0.29, 0.717) is 34.4 Å². The van der Waals surface area contributed by atoms with E-state index in [-0.39, 0.29) is 23.8 Å². The lowest BCUT2D eigenvalue weighted by Crippen LogP contribution is -2.57. The zero-order chi connectivity index (χ0) is 26.9. The van der Waals surface area contributed by atoms with Crippen LogP contribution in [0.25, 0.3) is 5.65 Å². The average molecular weight is 517 g/mol. The van der Waals surface area contributed by atoms with Crippen LogP contribution in [0.15, 0.2) is 24.3 Å². The Labute approximate surface area is 217 Å². The Morgan fingerprint density at radius 3 is 2.36 bits per heavy atom. The lowest BCUT2D eigenvalue weighted by atomic mass is 9.73. The van der Waals surface area contributed by atoms with Crippen molar-refractivity contribution in [3.05, 3.63) is 40.8 Å². The van der Waals surface area contributed by atoms with Crippen LogP contribution in [0.1, 0.15) is 79.7 Å². The number of nitrogens with one attached hydrogen (secondary N) is 3. The Morgan fingerprint density at radius 2 is 1.72 bits per heavy atom. The molecule has 196 valence electrons. The molecule has 2 amide bonds. The van der Waals surface area contributed by atoms with Gasteiger partial charge in [-0.3, -0.25) is 14.7 Å². The fourth-order valence-electron chi connectivity index (χ4n) is 3.81. The van der Waals surface area contributed by atoms with Crippen molar-refractivity contribution in [2.75, 3.05) is 11.9 Å². The van der Waals surface area contributed by atoms with Gasteiger partial charge in [-0.25, -0.2) is 4.52 Å². The van der Waals surface area contributed by atoms with Crippen molar-refractivity contribution < 1.29 is 14.3 Å². The normalized spacial score (nSPS) is 12.6. The van der Waals surface area contributed by atoms with E-state index in [2.05, 4.69) is 46.7 Å². The van der Waals surface area contributed by atoms with E-state index < -0.39 is 11.0 Å². The zero-order valence-electron chi connectivity index (χ0n) is 22.4. The van der Waals surface area contributed by atoms with Crippen LogP contribution >= 0.6 is 11.6 Å². The van der Waals surface area contributed by atoms with Crippen LogP contribution in [-0.4, -0.2) is 43.8 Å². The maximum absolute atomic E-state index is 12.9. The molecule has 0 radical (unpaired) electrons. The van der Waals surface area contributed by atoms with Gasteiger partial charge in [-0.2, -0.15) is 0 Å². The molecule has 0 aliphatic heterocycles. The molecule has 0 saturated heterocycles. The van der Waals surface area contributed by atoms with Crippen LogP contribution in [-0.2, 0) is 20.4 Å². The third-order valence-corrected chi connectivity index (χ3v) is 6.98. The van der Waals surface area contributed by atoms with E-state index in [0.717, 1.165) is 12.1 Å². The highest BCUT2D eigenvalue weighted by molar-refractivity contribution is 6.34. The molecular weight excluding hydrogens is 480 g/mol. The van der Waals surface area contributed by atoms with Gasteiger partial charge in [0.1, 0.15) is 10.8 Å². The fraction of sp³-hybridized carbons (Fsp3) is 0.538. The molecule has 3 rings (SSSR count). The summed E-state index contributed by atoms with van der Waals surface area (Å²) in [5, 5.41) is 18.5. The predicted octanol–water partition coefficient (Wildman–Crippen LogP) is 5.00. The molecule has 2 aromatic heterocycles. The molecule has 0 saturated carbocycles. The molecule has 0 aliphatic carbocycles. The van der Waals surface area contributed by atoms with Crippen LogP contribution in [0.2, 0.25) is 5.02 Å².